The lowest BCUT2D eigenvalue weighted by Gasteiger charge is -2.26. The SMILES string of the molecule is c1ccc(-c2cccc3c2sc2c(N(c4ccc(-c5ccc6c(ccc7ccccc76)c5)cc4)c4ccc(-c5cccc6c5sc5ccccc56)cc4)cccc23)cc1. The van der Waals surface area contributed by atoms with Crippen molar-refractivity contribution in [3.63, 3.8) is 0 Å². The molecule has 0 saturated carbocycles. The van der Waals surface area contributed by atoms with Gasteiger partial charge >= 0.3 is 0 Å². The second-order valence-corrected chi connectivity index (χ2v) is 17.3. The topological polar surface area (TPSA) is 3.24 Å². The Morgan fingerprint density at radius 1 is 0.288 bits per heavy atom. The van der Waals surface area contributed by atoms with E-state index in [9.17, 15) is 0 Å². The number of hydrogen-bond acceptors (Lipinski definition) is 3. The van der Waals surface area contributed by atoms with Gasteiger partial charge in [-0.2, -0.15) is 0 Å². The molecular weight excluding hydrogens is 751 g/mol. The van der Waals surface area contributed by atoms with Gasteiger partial charge in [-0.25, -0.2) is 0 Å². The molecule has 0 radical (unpaired) electrons. The fraction of sp³-hybridized carbons (Fsp3) is 0. The summed E-state index contributed by atoms with van der Waals surface area (Å²) in [6, 6.07) is 78.1. The average molecular weight is 786 g/mol. The van der Waals surface area contributed by atoms with Crippen LogP contribution in [0.5, 0.6) is 0 Å². The molecule has 0 atom stereocenters. The van der Waals surface area contributed by atoms with E-state index in [4.69, 9.17) is 0 Å². The molecule has 0 aliphatic carbocycles. The molecule has 0 unspecified atom stereocenters. The molecule has 0 amide bonds. The van der Waals surface area contributed by atoms with Crippen molar-refractivity contribution in [1.82, 2.24) is 0 Å². The minimum atomic E-state index is 1.12. The Kier molecular flexibility index (Phi) is 7.97. The molecule has 0 aliphatic heterocycles. The highest BCUT2D eigenvalue weighted by Crippen LogP contribution is 2.48. The Morgan fingerprint density at radius 3 is 1.58 bits per heavy atom. The van der Waals surface area contributed by atoms with Crippen LogP contribution in [0.4, 0.5) is 17.1 Å². The van der Waals surface area contributed by atoms with E-state index < -0.39 is 0 Å². The average Bonchev–Trinajstić information content (AvgIpc) is 3.89. The molecule has 1 nitrogen and oxygen atoms in total. The van der Waals surface area contributed by atoms with Crippen molar-refractivity contribution < 1.29 is 0 Å². The molecule has 0 aliphatic rings. The zero-order valence-electron chi connectivity index (χ0n) is 32.0. The Morgan fingerprint density at radius 2 is 0.814 bits per heavy atom. The summed E-state index contributed by atoms with van der Waals surface area (Å²) in [5.74, 6) is 0. The summed E-state index contributed by atoms with van der Waals surface area (Å²) < 4.78 is 5.24. The highest BCUT2D eigenvalue weighted by atomic mass is 32.1. The number of benzene rings is 10. The highest BCUT2D eigenvalue weighted by Gasteiger charge is 2.20. The van der Waals surface area contributed by atoms with E-state index in [0.29, 0.717) is 0 Å². The van der Waals surface area contributed by atoms with E-state index in [0.717, 1.165) is 11.4 Å². The molecule has 0 bridgehead atoms. The molecule has 12 rings (SSSR count). The second kappa shape index (κ2) is 13.8. The Labute approximate surface area is 350 Å². The van der Waals surface area contributed by atoms with Crippen LogP contribution in [0.1, 0.15) is 0 Å². The van der Waals surface area contributed by atoms with Gasteiger partial charge in [-0.15, -0.1) is 22.7 Å². The second-order valence-electron chi connectivity index (χ2n) is 15.2. The van der Waals surface area contributed by atoms with Gasteiger partial charge in [0.2, 0.25) is 0 Å². The van der Waals surface area contributed by atoms with Gasteiger partial charge in [0.05, 0.1) is 10.4 Å². The predicted molar refractivity (Wildman–Crippen MR) is 258 cm³/mol. The summed E-state index contributed by atoms with van der Waals surface area (Å²) in [6.45, 7) is 0. The summed E-state index contributed by atoms with van der Waals surface area (Å²) in [7, 11) is 0. The van der Waals surface area contributed by atoms with Crippen LogP contribution in [0, 0.1) is 0 Å². The minimum absolute atomic E-state index is 1.12. The van der Waals surface area contributed by atoms with Crippen LogP contribution in [-0.4, -0.2) is 0 Å². The van der Waals surface area contributed by atoms with Crippen LogP contribution in [-0.2, 0) is 0 Å². The van der Waals surface area contributed by atoms with Gasteiger partial charge < -0.3 is 4.90 Å². The third-order valence-electron chi connectivity index (χ3n) is 11.9. The van der Waals surface area contributed by atoms with Gasteiger partial charge in [0, 0.05) is 47.0 Å². The van der Waals surface area contributed by atoms with Crippen LogP contribution in [0.3, 0.4) is 0 Å². The van der Waals surface area contributed by atoms with E-state index in [2.05, 4.69) is 217 Å². The maximum Gasteiger partial charge on any atom is 0.0640 e. The molecule has 2 aromatic heterocycles. The van der Waals surface area contributed by atoms with Crippen LogP contribution >= 0.6 is 22.7 Å². The molecular formula is C56H35NS2. The third-order valence-corrected chi connectivity index (χ3v) is 14.4. The first kappa shape index (κ1) is 34.0. The van der Waals surface area contributed by atoms with Crippen molar-refractivity contribution >= 4 is 102 Å². The first-order chi connectivity index (χ1) is 29.2. The molecule has 12 aromatic rings. The molecule has 10 aromatic carbocycles. The summed E-state index contributed by atoms with van der Waals surface area (Å²) in [5.41, 5.74) is 10.8. The number of hydrogen-bond donors (Lipinski definition) is 0. The van der Waals surface area contributed by atoms with E-state index in [-0.39, 0.29) is 0 Å². The van der Waals surface area contributed by atoms with Crippen LogP contribution in [0.15, 0.2) is 212 Å². The van der Waals surface area contributed by atoms with Crippen molar-refractivity contribution in [2.45, 2.75) is 0 Å². The van der Waals surface area contributed by atoms with Gasteiger partial charge in [0.25, 0.3) is 0 Å². The Balaban J connectivity index is 1.00. The molecule has 0 fully saturated rings. The fourth-order valence-corrected chi connectivity index (χ4v) is 11.6. The zero-order chi connectivity index (χ0) is 38.9. The quantitative estimate of drug-likeness (QED) is 0.152. The number of nitrogens with zero attached hydrogens (tertiary/aromatic N) is 1. The van der Waals surface area contributed by atoms with Crippen LogP contribution in [0.2, 0.25) is 0 Å². The summed E-state index contributed by atoms with van der Waals surface area (Å²) in [6.07, 6.45) is 0. The van der Waals surface area contributed by atoms with Crippen molar-refractivity contribution in [1.29, 1.82) is 0 Å². The maximum atomic E-state index is 2.44. The molecule has 2 heterocycles. The van der Waals surface area contributed by atoms with E-state index in [1.807, 2.05) is 22.7 Å². The lowest BCUT2D eigenvalue weighted by Crippen LogP contribution is -2.10. The van der Waals surface area contributed by atoms with Gasteiger partial charge in [0.15, 0.2) is 0 Å². The van der Waals surface area contributed by atoms with Crippen molar-refractivity contribution in [3.05, 3.63) is 212 Å². The fourth-order valence-electron chi connectivity index (χ4n) is 9.01. The molecule has 0 N–H and O–H groups in total. The summed E-state index contributed by atoms with van der Waals surface area (Å²) >= 11 is 3.77. The summed E-state index contributed by atoms with van der Waals surface area (Å²) in [5, 5.41) is 10.3. The van der Waals surface area contributed by atoms with Gasteiger partial charge in [-0.3, -0.25) is 0 Å². The molecule has 276 valence electrons. The van der Waals surface area contributed by atoms with Crippen molar-refractivity contribution in [2.24, 2.45) is 0 Å². The predicted octanol–water partition coefficient (Wildman–Crippen LogP) is 17.2. The van der Waals surface area contributed by atoms with Crippen molar-refractivity contribution in [2.75, 3.05) is 4.90 Å². The number of anilines is 3. The molecule has 0 spiro atoms. The number of thiophene rings is 2. The first-order valence-corrected chi connectivity index (χ1v) is 21.7. The molecule has 59 heavy (non-hydrogen) atoms. The Hall–Kier alpha value is -7.04. The lowest BCUT2D eigenvalue weighted by molar-refractivity contribution is 1.30. The number of rotatable bonds is 6. The maximum absolute atomic E-state index is 2.44. The van der Waals surface area contributed by atoms with E-state index in [1.54, 1.807) is 0 Å². The van der Waals surface area contributed by atoms with Gasteiger partial charge in [-0.1, -0.05) is 170 Å². The van der Waals surface area contributed by atoms with E-state index >= 15 is 0 Å². The zero-order valence-corrected chi connectivity index (χ0v) is 33.6. The number of fused-ring (bicyclic) bond motifs is 9. The smallest absolute Gasteiger partial charge is 0.0640 e. The van der Waals surface area contributed by atoms with Crippen LogP contribution < -0.4 is 4.90 Å². The first-order valence-electron chi connectivity index (χ1n) is 20.1. The molecule has 3 heteroatoms. The minimum Gasteiger partial charge on any atom is -0.309 e. The van der Waals surface area contributed by atoms with Gasteiger partial charge in [-0.05, 0) is 97.4 Å². The Bertz CT molecular complexity index is 3540. The normalized spacial score (nSPS) is 11.7. The summed E-state index contributed by atoms with van der Waals surface area (Å²) in [4.78, 5) is 2.44. The lowest BCUT2D eigenvalue weighted by atomic mass is 9.97. The van der Waals surface area contributed by atoms with E-state index in [1.165, 1.54) is 101 Å². The van der Waals surface area contributed by atoms with Crippen LogP contribution in [0.25, 0.3) is 95.3 Å². The monoisotopic (exact) mass is 785 g/mol. The van der Waals surface area contributed by atoms with Gasteiger partial charge in [0.1, 0.15) is 0 Å². The largest absolute Gasteiger partial charge is 0.309 e. The molecule has 0 saturated heterocycles. The third kappa shape index (κ3) is 5.66. The standard InChI is InChI=1S/C56H35NS2/c1-2-11-37(12-3-1)46-16-9-19-50-51-20-10-21-52(56(51)59-55(46)50)57(43-32-27-39(28-33-43)47-17-8-18-49-48-15-6-7-22-53(48)58-54(47)49)42-30-25-36(26-31-42)40-29-34-45-41(35-40)24-23-38-13-4-5-14-44(38)45/h1-35H. The highest BCUT2D eigenvalue weighted by molar-refractivity contribution is 7.27. The van der Waals surface area contributed by atoms with Crippen molar-refractivity contribution in [3.8, 4) is 33.4 Å².